The van der Waals surface area contributed by atoms with E-state index in [1.807, 2.05) is 12.1 Å². The third kappa shape index (κ3) is 3.63. The fourth-order valence-corrected chi connectivity index (χ4v) is 2.90. The van der Waals surface area contributed by atoms with E-state index in [4.69, 9.17) is 28.9 Å². The second kappa shape index (κ2) is 6.62. The number of hydrogen-bond acceptors (Lipinski definition) is 2. The Morgan fingerprint density at radius 2 is 1.79 bits per heavy atom. The summed E-state index contributed by atoms with van der Waals surface area (Å²) in [4.78, 5) is 0.951. The monoisotopic (exact) mass is 315 g/mol. The minimum Gasteiger partial charge on any atom is -0.326 e. The molecule has 0 aliphatic rings. The Kier molecular flexibility index (Phi) is 5.11. The van der Waals surface area contributed by atoms with E-state index in [2.05, 4.69) is 0 Å². The van der Waals surface area contributed by atoms with Crippen molar-refractivity contribution in [3.8, 4) is 0 Å². The van der Waals surface area contributed by atoms with Gasteiger partial charge in [-0.3, -0.25) is 0 Å². The van der Waals surface area contributed by atoms with Crippen LogP contribution in [0.25, 0.3) is 0 Å². The van der Waals surface area contributed by atoms with E-state index >= 15 is 0 Å². The Morgan fingerprint density at radius 3 is 2.47 bits per heavy atom. The molecule has 19 heavy (non-hydrogen) atoms. The molecule has 0 radical (unpaired) electrons. The summed E-state index contributed by atoms with van der Waals surface area (Å²) < 4.78 is 14.0. The first-order valence-corrected chi connectivity index (χ1v) is 7.40. The molecule has 100 valence electrons. The molecule has 0 bridgehead atoms. The average Bonchev–Trinajstić information content (AvgIpc) is 2.41. The molecule has 0 aliphatic heterocycles. The second-order valence-electron chi connectivity index (χ2n) is 3.96. The molecular weight excluding hydrogens is 304 g/mol. The molecule has 2 N–H and O–H groups in total. The Hall–Kier alpha value is -0.740. The van der Waals surface area contributed by atoms with Crippen molar-refractivity contribution in [1.29, 1.82) is 0 Å². The van der Waals surface area contributed by atoms with E-state index in [-0.39, 0.29) is 12.4 Å². The van der Waals surface area contributed by atoms with Crippen LogP contribution in [0.5, 0.6) is 0 Å². The lowest BCUT2D eigenvalue weighted by molar-refractivity contribution is 0.600. The Bertz CT molecular complexity index is 590. The zero-order chi connectivity index (χ0) is 13.8. The molecule has 0 fully saturated rings. The van der Waals surface area contributed by atoms with E-state index < -0.39 is 0 Å². The zero-order valence-corrected chi connectivity index (χ0v) is 12.3. The minimum absolute atomic E-state index is 0.205. The van der Waals surface area contributed by atoms with Gasteiger partial charge in [0.05, 0.1) is 10.0 Å². The average molecular weight is 316 g/mol. The molecule has 2 aromatic carbocycles. The summed E-state index contributed by atoms with van der Waals surface area (Å²) in [5.41, 5.74) is 6.66. The van der Waals surface area contributed by atoms with Crippen LogP contribution in [0, 0.1) is 5.82 Å². The molecule has 0 heterocycles. The third-order valence-corrected chi connectivity index (χ3v) is 4.45. The molecule has 5 heteroatoms. The Morgan fingerprint density at radius 1 is 1.05 bits per heavy atom. The molecule has 0 spiro atoms. The lowest BCUT2D eigenvalue weighted by atomic mass is 10.1. The molecule has 2 aromatic rings. The van der Waals surface area contributed by atoms with Crippen molar-refractivity contribution in [1.82, 2.24) is 0 Å². The Labute approximate surface area is 125 Å². The molecular formula is C14H12Cl2FNS. The van der Waals surface area contributed by atoms with Gasteiger partial charge in [0.2, 0.25) is 0 Å². The molecule has 2 rings (SSSR count). The summed E-state index contributed by atoms with van der Waals surface area (Å²) in [6, 6.07) is 10.7. The van der Waals surface area contributed by atoms with Gasteiger partial charge in [-0.1, -0.05) is 41.4 Å². The van der Waals surface area contributed by atoms with Crippen molar-refractivity contribution < 1.29 is 4.39 Å². The number of benzene rings is 2. The van der Waals surface area contributed by atoms with Gasteiger partial charge in [-0.25, -0.2) is 4.39 Å². The molecule has 0 amide bonds. The van der Waals surface area contributed by atoms with E-state index in [1.165, 1.54) is 11.8 Å². The maximum absolute atomic E-state index is 14.0. The van der Waals surface area contributed by atoms with Crippen LogP contribution in [0.2, 0.25) is 10.0 Å². The summed E-state index contributed by atoms with van der Waals surface area (Å²) in [6.07, 6.45) is 0. The molecule has 0 unspecified atom stereocenters. The fraction of sp³-hybridized carbons (Fsp3) is 0.143. The summed E-state index contributed by atoms with van der Waals surface area (Å²) in [6.45, 7) is 0.205. The van der Waals surface area contributed by atoms with Gasteiger partial charge in [0.25, 0.3) is 0 Å². The van der Waals surface area contributed by atoms with Gasteiger partial charge in [-0.15, -0.1) is 11.8 Å². The SMILES string of the molecule is NCc1cccc(CSc2ccc(Cl)c(Cl)c2)c1F. The number of thioether (sulfide) groups is 1. The topological polar surface area (TPSA) is 26.0 Å². The first-order chi connectivity index (χ1) is 9.11. The normalized spacial score (nSPS) is 10.7. The van der Waals surface area contributed by atoms with E-state index in [9.17, 15) is 4.39 Å². The van der Waals surface area contributed by atoms with Gasteiger partial charge in [0.15, 0.2) is 0 Å². The first kappa shape index (κ1) is 14.7. The lowest BCUT2D eigenvalue weighted by Crippen LogP contribution is -2.02. The largest absolute Gasteiger partial charge is 0.326 e. The maximum atomic E-state index is 14.0. The highest BCUT2D eigenvalue weighted by atomic mass is 35.5. The summed E-state index contributed by atoms with van der Waals surface area (Å²) in [5, 5.41) is 1.02. The molecule has 0 atom stereocenters. The molecule has 0 aromatic heterocycles. The highest BCUT2D eigenvalue weighted by molar-refractivity contribution is 7.98. The van der Waals surface area contributed by atoms with Crippen LogP contribution in [0.4, 0.5) is 4.39 Å². The third-order valence-electron chi connectivity index (χ3n) is 2.66. The number of rotatable bonds is 4. The molecule has 1 nitrogen and oxygen atoms in total. The van der Waals surface area contributed by atoms with Gasteiger partial charge in [0, 0.05) is 22.8 Å². The van der Waals surface area contributed by atoms with Crippen LogP contribution < -0.4 is 5.73 Å². The number of hydrogen-bond donors (Lipinski definition) is 1. The molecule has 0 aliphatic carbocycles. The quantitative estimate of drug-likeness (QED) is 0.813. The van der Waals surface area contributed by atoms with Gasteiger partial charge >= 0.3 is 0 Å². The van der Waals surface area contributed by atoms with Crippen LogP contribution in [0.15, 0.2) is 41.3 Å². The van der Waals surface area contributed by atoms with Crippen molar-refractivity contribution in [2.45, 2.75) is 17.2 Å². The summed E-state index contributed by atoms with van der Waals surface area (Å²) in [5.74, 6) is 0.301. The molecule has 0 saturated carbocycles. The van der Waals surface area contributed by atoms with E-state index in [0.29, 0.717) is 26.9 Å². The van der Waals surface area contributed by atoms with Gasteiger partial charge < -0.3 is 5.73 Å². The van der Waals surface area contributed by atoms with Crippen molar-refractivity contribution in [2.24, 2.45) is 5.73 Å². The summed E-state index contributed by atoms with van der Waals surface area (Å²) in [7, 11) is 0. The maximum Gasteiger partial charge on any atom is 0.131 e. The highest BCUT2D eigenvalue weighted by Crippen LogP contribution is 2.30. The zero-order valence-electron chi connectivity index (χ0n) is 10.00. The smallest absolute Gasteiger partial charge is 0.131 e. The van der Waals surface area contributed by atoms with Crippen molar-refractivity contribution in [2.75, 3.05) is 0 Å². The van der Waals surface area contributed by atoms with Gasteiger partial charge in [-0.2, -0.15) is 0 Å². The fourth-order valence-electron chi connectivity index (χ4n) is 1.63. The number of halogens is 3. The van der Waals surface area contributed by atoms with Crippen molar-refractivity contribution >= 4 is 35.0 Å². The number of nitrogens with two attached hydrogens (primary N) is 1. The van der Waals surface area contributed by atoms with Crippen LogP contribution in [-0.4, -0.2) is 0 Å². The Balaban J connectivity index is 2.12. The first-order valence-electron chi connectivity index (χ1n) is 5.66. The van der Waals surface area contributed by atoms with Crippen molar-refractivity contribution in [3.05, 3.63) is 63.4 Å². The summed E-state index contributed by atoms with van der Waals surface area (Å²) >= 11 is 13.3. The van der Waals surface area contributed by atoms with Crippen LogP contribution in [0.1, 0.15) is 11.1 Å². The predicted octanol–water partition coefficient (Wildman–Crippen LogP) is 4.88. The standard InChI is InChI=1S/C14H12Cl2FNS/c15-12-5-4-11(6-13(12)16)19-8-10-3-1-2-9(7-18)14(10)17/h1-6H,7-8,18H2. The lowest BCUT2D eigenvalue weighted by Gasteiger charge is -2.07. The second-order valence-corrected chi connectivity index (χ2v) is 5.82. The van der Waals surface area contributed by atoms with Gasteiger partial charge in [0.1, 0.15) is 5.82 Å². The van der Waals surface area contributed by atoms with Crippen LogP contribution in [0.3, 0.4) is 0 Å². The predicted molar refractivity (Wildman–Crippen MR) is 80.3 cm³/mol. The van der Waals surface area contributed by atoms with E-state index in [1.54, 1.807) is 24.3 Å². The highest BCUT2D eigenvalue weighted by Gasteiger charge is 2.07. The van der Waals surface area contributed by atoms with E-state index in [0.717, 1.165) is 4.90 Å². The molecule has 0 saturated heterocycles. The van der Waals surface area contributed by atoms with Gasteiger partial charge in [-0.05, 0) is 23.8 Å². The van der Waals surface area contributed by atoms with Crippen LogP contribution in [-0.2, 0) is 12.3 Å². The minimum atomic E-state index is -0.224. The van der Waals surface area contributed by atoms with Crippen molar-refractivity contribution in [3.63, 3.8) is 0 Å². The van der Waals surface area contributed by atoms with Crippen LogP contribution >= 0.6 is 35.0 Å².